The molecule has 1 aliphatic carbocycles. The standard InChI is InChI=1S/C15H20N2O2/c1-10-6-5-7-11(2)13(10)17-15(19)14(18)16-12-8-3-4-9-12/h5-7,12H,3-4,8-9H2,1-2H3,(H,16,18)(H,17,19). The zero-order valence-corrected chi connectivity index (χ0v) is 11.5. The Morgan fingerprint density at radius 1 is 1.05 bits per heavy atom. The first-order chi connectivity index (χ1) is 9.08. The lowest BCUT2D eigenvalue weighted by atomic mass is 10.1. The highest BCUT2D eigenvalue weighted by atomic mass is 16.2. The van der Waals surface area contributed by atoms with Crippen molar-refractivity contribution in [2.24, 2.45) is 0 Å². The molecule has 19 heavy (non-hydrogen) atoms. The van der Waals surface area contributed by atoms with Crippen molar-refractivity contribution in [3.63, 3.8) is 0 Å². The number of carbonyl (C=O) groups is 2. The molecule has 0 bridgehead atoms. The molecule has 2 N–H and O–H groups in total. The Bertz CT molecular complexity index is 471. The van der Waals surface area contributed by atoms with Gasteiger partial charge in [-0.3, -0.25) is 9.59 Å². The van der Waals surface area contributed by atoms with Crippen molar-refractivity contribution in [3.8, 4) is 0 Å². The summed E-state index contributed by atoms with van der Waals surface area (Å²) in [6.07, 6.45) is 4.21. The van der Waals surface area contributed by atoms with E-state index in [9.17, 15) is 9.59 Å². The second-order valence-corrected chi connectivity index (χ2v) is 5.18. The SMILES string of the molecule is Cc1cccc(C)c1NC(=O)C(=O)NC1CCCC1. The number of hydrogen-bond acceptors (Lipinski definition) is 2. The topological polar surface area (TPSA) is 58.2 Å². The van der Waals surface area contributed by atoms with Crippen molar-refractivity contribution in [3.05, 3.63) is 29.3 Å². The molecule has 4 heteroatoms. The second-order valence-electron chi connectivity index (χ2n) is 5.18. The fraction of sp³-hybridized carbons (Fsp3) is 0.467. The number of para-hydroxylation sites is 1. The lowest BCUT2D eigenvalue weighted by Crippen LogP contribution is -2.40. The summed E-state index contributed by atoms with van der Waals surface area (Å²) in [6.45, 7) is 3.83. The van der Waals surface area contributed by atoms with E-state index in [0.29, 0.717) is 0 Å². The van der Waals surface area contributed by atoms with E-state index >= 15 is 0 Å². The van der Waals surface area contributed by atoms with Gasteiger partial charge < -0.3 is 10.6 Å². The highest BCUT2D eigenvalue weighted by Gasteiger charge is 2.22. The van der Waals surface area contributed by atoms with E-state index in [1.807, 2.05) is 32.0 Å². The molecule has 1 aromatic rings. The summed E-state index contributed by atoms with van der Waals surface area (Å²) in [5.41, 5.74) is 2.65. The van der Waals surface area contributed by atoms with Gasteiger partial charge in [-0.25, -0.2) is 0 Å². The molecule has 2 rings (SSSR count). The molecule has 0 unspecified atom stereocenters. The predicted molar refractivity (Wildman–Crippen MR) is 74.9 cm³/mol. The molecule has 1 aliphatic rings. The minimum Gasteiger partial charge on any atom is -0.345 e. The van der Waals surface area contributed by atoms with Crippen molar-refractivity contribution < 1.29 is 9.59 Å². The third-order valence-corrected chi connectivity index (χ3v) is 3.62. The average molecular weight is 260 g/mol. The molecule has 0 spiro atoms. The number of aryl methyl sites for hydroxylation is 2. The first-order valence-electron chi connectivity index (χ1n) is 6.76. The van der Waals surface area contributed by atoms with Gasteiger partial charge in [-0.2, -0.15) is 0 Å². The average Bonchev–Trinajstić information content (AvgIpc) is 2.86. The minimum absolute atomic E-state index is 0.163. The van der Waals surface area contributed by atoms with Crippen LogP contribution < -0.4 is 10.6 Å². The molecule has 1 saturated carbocycles. The van der Waals surface area contributed by atoms with Gasteiger partial charge in [0.15, 0.2) is 0 Å². The molecule has 0 aromatic heterocycles. The molecule has 0 atom stereocenters. The molecule has 4 nitrogen and oxygen atoms in total. The fourth-order valence-corrected chi connectivity index (χ4v) is 2.50. The molecule has 2 amide bonds. The molecule has 0 aliphatic heterocycles. The Kier molecular flexibility index (Phi) is 4.20. The van der Waals surface area contributed by atoms with E-state index in [1.54, 1.807) is 0 Å². The maximum Gasteiger partial charge on any atom is 0.313 e. The van der Waals surface area contributed by atoms with Crippen LogP contribution in [0.1, 0.15) is 36.8 Å². The lowest BCUT2D eigenvalue weighted by molar-refractivity contribution is -0.136. The molecule has 0 saturated heterocycles. The Labute approximate surface area is 113 Å². The lowest BCUT2D eigenvalue weighted by Gasteiger charge is -2.14. The number of rotatable bonds is 2. The van der Waals surface area contributed by atoms with Gasteiger partial charge in [-0.15, -0.1) is 0 Å². The predicted octanol–water partition coefficient (Wildman–Crippen LogP) is 2.30. The monoisotopic (exact) mass is 260 g/mol. The Hall–Kier alpha value is -1.84. The minimum atomic E-state index is -0.579. The number of hydrogen-bond donors (Lipinski definition) is 2. The number of benzene rings is 1. The van der Waals surface area contributed by atoms with Gasteiger partial charge in [0, 0.05) is 11.7 Å². The van der Waals surface area contributed by atoms with E-state index in [1.165, 1.54) is 0 Å². The van der Waals surface area contributed by atoms with Gasteiger partial charge in [-0.1, -0.05) is 31.0 Å². The van der Waals surface area contributed by atoms with Crippen LogP contribution in [0.5, 0.6) is 0 Å². The molecular formula is C15H20N2O2. The van der Waals surface area contributed by atoms with E-state index < -0.39 is 11.8 Å². The molecule has 1 aromatic carbocycles. The number of carbonyl (C=O) groups excluding carboxylic acids is 2. The van der Waals surface area contributed by atoms with Crippen molar-refractivity contribution in [1.82, 2.24) is 5.32 Å². The number of nitrogens with one attached hydrogen (secondary N) is 2. The Morgan fingerprint density at radius 2 is 1.63 bits per heavy atom. The van der Waals surface area contributed by atoms with E-state index in [4.69, 9.17) is 0 Å². The molecular weight excluding hydrogens is 240 g/mol. The van der Waals surface area contributed by atoms with Crippen LogP contribution in [0.15, 0.2) is 18.2 Å². The maximum atomic E-state index is 11.9. The summed E-state index contributed by atoms with van der Waals surface area (Å²) >= 11 is 0. The quantitative estimate of drug-likeness (QED) is 0.802. The Morgan fingerprint density at radius 3 is 2.21 bits per heavy atom. The van der Waals surface area contributed by atoms with E-state index in [-0.39, 0.29) is 6.04 Å². The summed E-state index contributed by atoms with van der Waals surface area (Å²) in [4.78, 5) is 23.7. The van der Waals surface area contributed by atoms with Crippen LogP contribution in [0.2, 0.25) is 0 Å². The van der Waals surface area contributed by atoms with E-state index in [2.05, 4.69) is 10.6 Å². The van der Waals surface area contributed by atoms with Crippen molar-refractivity contribution >= 4 is 17.5 Å². The van der Waals surface area contributed by atoms with Crippen LogP contribution in [0.25, 0.3) is 0 Å². The molecule has 102 valence electrons. The van der Waals surface area contributed by atoms with Crippen LogP contribution in [0.4, 0.5) is 5.69 Å². The number of amides is 2. The molecule has 0 heterocycles. The normalized spacial score (nSPS) is 15.3. The van der Waals surface area contributed by atoms with Crippen molar-refractivity contribution in [1.29, 1.82) is 0 Å². The summed E-state index contributed by atoms with van der Waals surface area (Å²) in [5.74, 6) is -1.11. The zero-order valence-electron chi connectivity index (χ0n) is 11.5. The van der Waals surface area contributed by atoms with Gasteiger partial charge in [0.1, 0.15) is 0 Å². The van der Waals surface area contributed by atoms with Crippen molar-refractivity contribution in [2.45, 2.75) is 45.6 Å². The fourth-order valence-electron chi connectivity index (χ4n) is 2.50. The van der Waals surface area contributed by atoms with E-state index in [0.717, 1.165) is 42.5 Å². The van der Waals surface area contributed by atoms with Crippen molar-refractivity contribution in [2.75, 3.05) is 5.32 Å². The Balaban J connectivity index is 1.98. The van der Waals surface area contributed by atoms with Gasteiger partial charge in [0.05, 0.1) is 0 Å². The van der Waals surface area contributed by atoms with Crippen LogP contribution in [-0.2, 0) is 9.59 Å². The largest absolute Gasteiger partial charge is 0.345 e. The summed E-state index contributed by atoms with van der Waals surface area (Å²) in [5, 5.41) is 5.49. The third kappa shape index (κ3) is 3.34. The van der Waals surface area contributed by atoms with Crippen LogP contribution >= 0.6 is 0 Å². The van der Waals surface area contributed by atoms with Crippen LogP contribution in [0.3, 0.4) is 0 Å². The molecule has 0 radical (unpaired) electrons. The maximum absolute atomic E-state index is 11.9. The third-order valence-electron chi connectivity index (χ3n) is 3.62. The first-order valence-corrected chi connectivity index (χ1v) is 6.76. The van der Waals surface area contributed by atoms with Gasteiger partial charge >= 0.3 is 11.8 Å². The summed E-state index contributed by atoms with van der Waals surface area (Å²) < 4.78 is 0. The highest BCUT2D eigenvalue weighted by Crippen LogP contribution is 2.20. The van der Waals surface area contributed by atoms with Gasteiger partial charge in [0.25, 0.3) is 0 Å². The zero-order chi connectivity index (χ0) is 13.8. The second kappa shape index (κ2) is 5.87. The number of anilines is 1. The highest BCUT2D eigenvalue weighted by molar-refractivity contribution is 6.39. The first kappa shape index (κ1) is 13.6. The van der Waals surface area contributed by atoms with Crippen LogP contribution in [0, 0.1) is 13.8 Å². The molecule has 1 fully saturated rings. The van der Waals surface area contributed by atoms with Gasteiger partial charge in [0.2, 0.25) is 0 Å². The van der Waals surface area contributed by atoms with Crippen LogP contribution in [-0.4, -0.2) is 17.9 Å². The smallest absolute Gasteiger partial charge is 0.313 e. The summed E-state index contributed by atoms with van der Waals surface area (Å²) in [6, 6.07) is 5.92. The van der Waals surface area contributed by atoms with Gasteiger partial charge in [-0.05, 0) is 37.8 Å². The summed E-state index contributed by atoms with van der Waals surface area (Å²) in [7, 11) is 0.